The van der Waals surface area contributed by atoms with E-state index in [0.717, 1.165) is 0 Å². The van der Waals surface area contributed by atoms with Gasteiger partial charge < -0.3 is 20.4 Å². The lowest BCUT2D eigenvalue weighted by molar-refractivity contribution is 0.403. The maximum atomic E-state index is 9.85. The highest BCUT2D eigenvalue weighted by atomic mass is 16.3. The Hall–Kier alpha value is -3.47. The van der Waals surface area contributed by atoms with E-state index in [2.05, 4.69) is 4.99 Å². The molecule has 0 spiro atoms. The summed E-state index contributed by atoms with van der Waals surface area (Å²) in [6.45, 7) is 0. The van der Waals surface area contributed by atoms with E-state index >= 15 is 0 Å². The molecule has 5 heteroatoms. The zero-order chi connectivity index (χ0) is 16.8. The lowest BCUT2D eigenvalue weighted by Crippen LogP contribution is -1.97. The quantitative estimate of drug-likeness (QED) is 0.403. The van der Waals surface area contributed by atoms with E-state index < -0.39 is 0 Å². The number of aliphatic imine (C=N–C) groups is 1. The number of hydrogen-bond acceptors (Lipinski definition) is 5. The zero-order valence-corrected chi connectivity index (χ0v) is 12.4. The molecule has 0 saturated carbocycles. The molecule has 0 heterocycles. The molecule has 3 aromatic rings. The second kappa shape index (κ2) is 5.03. The second-order valence-electron chi connectivity index (χ2n) is 5.57. The number of phenolic OH excluding ortho intramolecular Hbond substituents is 4. The zero-order valence-electron chi connectivity index (χ0n) is 12.4. The highest BCUT2D eigenvalue weighted by molar-refractivity contribution is 6.25. The van der Waals surface area contributed by atoms with Crippen LogP contribution in [0.15, 0.2) is 59.6 Å². The van der Waals surface area contributed by atoms with Crippen molar-refractivity contribution in [1.82, 2.24) is 0 Å². The Labute approximate surface area is 137 Å². The molecule has 118 valence electrons. The van der Waals surface area contributed by atoms with Crippen LogP contribution in [-0.4, -0.2) is 26.1 Å². The molecule has 0 atom stereocenters. The second-order valence-corrected chi connectivity index (χ2v) is 5.57. The van der Waals surface area contributed by atoms with Gasteiger partial charge in [0, 0.05) is 11.1 Å². The van der Waals surface area contributed by atoms with Crippen molar-refractivity contribution < 1.29 is 20.4 Å². The summed E-state index contributed by atoms with van der Waals surface area (Å²) in [5.41, 5.74) is 3.77. The largest absolute Gasteiger partial charge is 0.504 e. The van der Waals surface area contributed by atoms with Crippen LogP contribution in [-0.2, 0) is 0 Å². The minimum absolute atomic E-state index is 0.254. The maximum absolute atomic E-state index is 9.85. The van der Waals surface area contributed by atoms with E-state index in [1.54, 1.807) is 0 Å². The number of phenols is 4. The first kappa shape index (κ1) is 14.1. The summed E-state index contributed by atoms with van der Waals surface area (Å²) >= 11 is 0. The molecule has 5 nitrogen and oxygen atoms in total. The maximum Gasteiger partial charge on any atom is 0.158 e. The van der Waals surface area contributed by atoms with Gasteiger partial charge >= 0.3 is 0 Å². The fraction of sp³-hybridized carbons (Fsp3) is 0. The highest BCUT2D eigenvalue weighted by Crippen LogP contribution is 2.46. The van der Waals surface area contributed by atoms with Gasteiger partial charge in [-0.05, 0) is 47.5 Å². The normalized spacial score (nSPS) is 11.9. The molecule has 0 saturated heterocycles. The fourth-order valence-electron chi connectivity index (χ4n) is 2.89. The van der Waals surface area contributed by atoms with Crippen LogP contribution in [0, 0.1) is 0 Å². The molecule has 0 unspecified atom stereocenters. The lowest BCUT2D eigenvalue weighted by atomic mass is 10.0. The van der Waals surface area contributed by atoms with E-state index in [9.17, 15) is 20.4 Å². The van der Waals surface area contributed by atoms with Crippen molar-refractivity contribution in [2.24, 2.45) is 4.99 Å². The van der Waals surface area contributed by atoms with Gasteiger partial charge in [0.2, 0.25) is 0 Å². The summed E-state index contributed by atoms with van der Waals surface area (Å²) in [6.07, 6.45) is 0. The predicted octanol–water partition coefficient (Wildman–Crippen LogP) is 3.66. The molecular weight excluding hydrogens is 306 g/mol. The molecule has 0 aromatic heterocycles. The van der Waals surface area contributed by atoms with Crippen molar-refractivity contribution in [3.63, 3.8) is 0 Å². The molecule has 1 aliphatic rings. The summed E-state index contributed by atoms with van der Waals surface area (Å²) < 4.78 is 0. The Bertz CT molecular complexity index is 934. The molecular formula is C19H13NO4. The number of nitrogens with zero attached hydrogens (tertiary/aromatic N) is 1. The number of rotatable bonds is 1. The summed E-state index contributed by atoms with van der Waals surface area (Å²) in [5, 5.41) is 39.3. The van der Waals surface area contributed by atoms with Crippen LogP contribution < -0.4 is 0 Å². The average molecular weight is 319 g/mol. The summed E-state index contributed by atoms with van der Waals surface area (Å²) in [7, 11) is 0. The predicted molar refractivity (Wildman–Crippen MR) is 90.3 cm³/mol. The molecule has 0 radical (unpaired) electrons. The van der Waals surface area contributed by atoms with Crippen LogP contribution >= 0.6 is 0 Å². The Balaban J connectivity index is 2.04. The monoisotopic (exact) mass is 319 g/mol. The smallest absolute Gasteiger partial charge is 0.158 e. The first-order valence-corrected chi connectivity index (χ1v) is 7.31. The minimum Gasteiger partial charge on any atom is -0.504 e. The molecule has 1 aliphatic carbocycles. The van der Waals surface area contributed by atoms with Gasteiger partial charge in [0.1, 0.15) is 0 Å². The molecule has 0 amide bonds. The molecule has 0 aliphatic heterocycles. The standard InChI is InChI=1S/C19H13NO4/c21-15-6-11-12-7-16(22)18(24)9-14(12)19(13(11)8-17(15)23)20-10-4-2-1-3-5-10/h1-9,21-24H. The van der Waals surface area contributed by atoms with Crippen molar-refractivity contribution in [3.05, 3.63) is 65.7 Å². The average Bonchev–Trinajstić information content (AvgIpc) is 2.83. The topological polar surface area (TPSA) is 93.3 Å². The molecule has 4 N–H and O–H groups in total. The van der Waals surface area contributed by atoms with Crippen LogP contribution in [0.2, 0.25) is 0 Å². The molecule has 4 rings (SSSR count). The molecule has 3 aromatic carbocycles. The van der Waals surface area contributed by atoms with E-state index in [1.165, 1.54) is 24.3 Å². The van der Waals surface area contributed by atoms with Crippen LogP contribution in [0.3, 0.4) is 0 Å². The van der Waals surface area contributed by atoms with E-state index in [-0.39, 0.29) is 23.0 Å². The van der Waals surface area contributed by atoms with Crippen molar-refractivity contribution in [3.8, 4) is 34.1 Å². The minimum atomic E-state index is -0.256. The van der Waals surface area contributed by atoms with Crippen molar-refractivity contribution in [2.75, 3.05) is 0 Å². The Morgan fingerprint density at radius 1 is 0.542 bits per heavy atom. The van der Waals surface area contributed by atoms with Crippen molar-refractivity contribution >= 4 is 11.4 Å². The first-order chi connectivity index (χ1) is 11.5. The number of benzene rings is 3. The number of para-hydroxylation sites is 1. The summed E-state index contributed by atoms with van der Waals surface area (Å²) in [5.74, 6) is -1.02. The molecule has 24 heavy (non-hydrogen) atoms. The Morgan fingerprint density at radius 3 is 1.42 bits per heavy atom. The van der Waals surface area contributed by atoms with Gasteiger partial charge in [-0.2, -0.15) is 0 Å². The van der Waals surface area contributed by atoms with Crippen LogP contribution in [0.25, 0.3) is 11.1 Å². The van der Waals surface area contributed by atoms with E-state index in [4.69, 9.17) is 0 Å². The van der Waals surface area contributed by atoms with Crippen LogP contribution in [0.5, 0.6) is 23.0 Å². The Morgan fingerprint density at radius 2 is 0.958 bits per heavy atom. The van der Waals surface area contributed by atoms with Crippen LogP contribution in [0.1, 0.15) is 11.1 Å². The van der Waals surface area contributed by atoms with Gasteiger partial charge in [0.25, 0.3) is 0 Å². The fourth-order valence-corrected chi connectivity index (χ4v) is 2.89. The third kappa shape index (κ3) is 2.06. The van der Waals surface area contributed by atoms with Gasteiger partial charge in [-0.1, -0.05) is 18.2 Å². The van der Waals surface area contributed by atoms with Crippen molar-refractivity contribution in [1.29, 1.82) is 0 Å². The van der Waals surface area contributed by atoms with Crippen LogP contribution in [0.4, 0.5) is 5.69 Å². The number of fused-ring (bicyclic) bond motifs is 3. The van der Waals surface area contributed by atoms with Gasteiger partial charge in [-0.25, -0.2) is 4.99 Å². The van der Waals surface area contributed by atoms with Gasteiger partial charge in [0.15, 0.2) is 23.0 Å². The number of hydrogen-bond donors (Lipinski definition) is 4. The summed E-state index contributed by atoms with van der Waals surface area (Å²) in [6, 6.07) is 15.0. The lowest BCUT2D eigenvalue weighted by Gasteiger charge is -2.04. The van der Waals surface area contributed by atoms with Crippen molar-refractivity contribution in [2.45, 2.75) is 0 Å². The van der Waals surface area contributed by atoms with E-state index in [1.807, 2.05) is 30.3 Å². The third-order valence-corrected chi connectivity index (χ3v) is 4.03. The molecule has 0 fully saturated rings. The van der Waals surface area contributed by atoms with Gasteiger partial charge in [-0.3, -0.25) is 0 Å². The van der Waals surface area contributed by atoms with Gasteiger partial charge in [-0.15, -0.1) is 0 Å². The molecule has 0 bridgehead atoms. The van der Waals surface area contributed by atoms with Gasteiger partial charge in [0.05, 0.1) is 11.4 Å². The third-order valence-electron chi connectivity index (χ3n) is 4.03. The highest BCUT2D eigenvalue weighted by Gasteiger charge is 2.28. The number of aromatic hydroxyl groups is 4. The Kier molecular flexibility index (Phi) is 2.96. The first-order valence-electron chi connectivity index (χ1n) is 7.31. The van der Waals surface area contributed by atoms with E-state index in [0.29, 0.717) is 33.7 Å². The summed E-state index contributed by atoms with van der Waals surface area (Å²) in [4.78, 5) is 4.61. The SMILES string of the molecule is Oc1cc2c(cc1O)-c1cc(O)c(O)cc1C2=Nc1ccccc1.